The molecule has 0 aromatic heterocycles. The van der Waals surface area contributed by atoms with Crippen molar-refractivity contribution in [3.63, 3.8) is 0 Å². The van der Waals surface area contributed by atoms with Gasteiger partial charge in [0.25, 0.3) is 0 Å². The summed E-state index contributed by atoms with van der Waals surface area (Å²) in [4.78, 5) is 0. The van der Waals surface area contributed by atoms with E-state index < -0.39 is 0 Å². The zero-order valence-corrected chi connectivity index (χ0v) is 12.8. The van der Waals surface area contributed by atoms with Crippen LogP contribution in [0.4, 0.5) is 4.39 Å². The molecule has 0 radical (unpaired) electrons. The van der Waals surface area contributed by atoms with E-state index in [0.717, 1.165) is 16.9 Å². The quantitative estimate of drug-likeness (QED) is 0.863. The predicted octanol–water partition coefficient (Wildman–Crippen LogP) is 4.12. The summed E-state index contributed by atoms with van der Waals surface area (Å²) in [5.41, 5.74) is 1.91. The molecular weight excluding hydrogens is 265 g/mol. The SMILES string of the molecule is COc1cccc([C@@H](C)NC(C)Cc2ccccc2F)c1. The Morgan fingerprint density at radius 1 is 1.10 bits per heavy atom. The Morgan fingerprint density at radius 2 is 1.86 bits per heavy atom. The van der Waals surface area contributed by atoms with E-state index in [9.17, 15) is 4.39 Å². The van der Waals surface area contributed by atoms with Gasteiger partial charge in [-0.1, -0.05) is 30.3 Å². The zero-order valence-electron chi connectivity index (χ0n) is 12.8. The van der Waals surface area contributed by atoms with Gasteiger partial charge in [-0.15, -0.1) is 0 Å². The van der Waals surface area contributed by atoms with Gasteiger partial charge in [-0.05, 0) is 49.6 Å². The van der Waals surface area contributed by atoms with E-state index in [-0.39, 0.29) is 17.9 Å². The van der Waals surface area contributed by atoms with Crippen molar-refractivity contribution >= 4 is 0 Å². The molecule has 0 bridgehead atoms. The normalized spacial score (nSPS) is 13.7. The van der Waals surface area contributed by atoms with Gasteiger partial charge in [0.2, 0.25) is 0 Å². The largest absolute Gasteiger partial charge is 0.497 e. The van der Waals surface area contributed by atoms with E-state index in [1.165, 1.54) is 6.07 Å². The molecule has 0 fully saturated rings. The van der Waals surface area contributed by atoms with Crippen molar-refractivity contribution in [2.45, 2.75) is 32.4 Å². The molecule has 1 unspecified atom stereocenters. The maximum Gasteiger partial charge on any atom is 0.126 e. The van der Waals surface area contributed by atoms with Gasteiger partial charge in [-0.2, -0.15) is 0 Å². The second kappa shape index (κ2) is 7.23. The Hall–Kier alpha value is -1.87. The minimum Gasteiger partial charge on any atom is -0.497 e. The van der Waals surface area contributed by atoms with Crippen molar-refractivity contribution in [2.24, 2.45) is 0 Å². The van der Waals surface area contributed by atoms with Crippen molar-refractivity contribution in [2.75, 3.05) is 7.11 Å². The molecule has 0 aliphatic carbocycles. The first kappa shape index (κ1) is 15.5. The standard InChI is InChI=1S/C18H22FNO/c1-13(11-16-7-4-5-10-18(16)19)20-14(2)15-8-6-9-17(12-15)21-3/h4-10,12-14,20H,11H2,1-3H3/t13?,14-/m1/s1. The monoisotopic (exact) mass is 287 g/mol. The fourth-order valence-electron chi connectivity index (χ4n) is 2.49. The Labute approximate surface area is 126 Å². The van der Waals surface area contributed by atoms with Crippen molar-refractivity contribution in [3.8, 4) is 5.75 Å². The molecule has 21 heavy (non-hydrogen) atoms. The second-order valence-electron chi connectivity index (χ2n) is 5.36. The molecule has 0 aliphatic heterocycles. The molecule has 2 rings (SSSR count). The van der Waals surface area contributed by atoms with Crippen LogP contribution in [0.15, 0.2) is 48.5 Å². The number of methoxy groups -OCH3 is 1. The molecule has 0 saturated heterocycles. The van der Waals surface area contributed by atoms with Gasteiger partial charge >= 0.3 is 0 Å². The van der Waals surface area contributed by atoms with E-state index >= 15 is 0 Å². The second-order valence-corrected chi connectivity index (χ2v) is 5.36. The molecule has 2 atom stereocenters. The van der Waals surface area contributed by atoms with Gasteiger partial charge in [0.15, 0.2) is 0 Å². The van der Waals surface area contributed by atoms with Gasteiger partial charge in [-0.25, -0.2) is 4.39 Å². The van der Waals surface area contributed by atoms with Gasteiger partial charge in [0.05, 0.1) is 7.11 Å². The van der Waals surface area contributed by atoms with Crippen molar-refractivity contribution in [1.29, 1.82) is 0 Å². The van der Waals surface area contributed by atoms with E-state index in [1.54, 1.807) is 13.2 Å². The summed E-state index contributed by atoms with van der Waals surface area (Å²) >= 11 is 0. The molecular formula is C18H22FNO. The molecule has 2 aromatic carbocycles. The summed E-state index contributed by atoms with van der Waals surface area (Å²) in [5.74, 6) is 0.711. The number of halogens is 1. The minimum atomic E-state index is -0.139. The highest BCUT2D eigenvalue weighted by Crippen LogP contribution is 2.20. The summed E-state index contributed by atoms with van der Waals surface area (Å²) in [7, 11) is 1.66. The number of nitrogens with one attached hydrogen (secondary N) is 1. The number of rotatable bonds is 6. The Kier molecular flexibility index (Phi) is 5.34. The molecule has 112 valence electrons. The third kappa shape index (κ3) is 4.30. The summed E-state index contributed by atoms with van der Waals surface area (Å²) in [6.07, 6.45) is 0.668. The van der Waals surface area contributed by atoms with Crippen LogP contribution in [-0.4, -0.2) is 13.2 Å². The van der Waals surface area contributed by atoms with Crippen LogP contribution < -0.4 is 10.1 Å². The van der Waals surface area contributed by atoms with Crippen LogP contribution in [-0.2, 0) is 6.42 Å². The fourth-order valence-corrected chi connectivity index (χ4v) is 2.49. The number of benzene rings is 2. The van der Waals surface area contributed by atoms with Crippen LogP contribution >= 0.6 is 0 Å². The molecule has 0 amide bonds. The van der Waals surface area contributed by atoms with Crippen LogP contribution in [0, 0.1) is 5.82 Å². The Morgan fingerprint density at radius 3 is 2.57 bits per heavy atom. The van der Waals surface area contributed by atoms with Crippen LogP contribution in [0.2, 0.25) is 0 Å². The van der Waals surface area contributed by atoms with E-state index in [4.69, 9.17) is 4.74 Å². The highest BCUT2D eigenvalue weighted by molar-refractivity contribution is 5.30. The van der Waals surface area contributed by atoms with E-state index in [2.05, 4.69) is 25.2 Å². The summed E-state index contributed by atoms with van der Waals surface area (Å²) < 4.78 is 18.9. The number of hydrogen-bond acceptors (Lipinski definition) is 2. The topological polar surface area (TPSA) is 21.3 Å². The first-order chi connectivity index (χ1) is 10.1. The smallest absolute Gasteiger partial charge is 0.126 e. The molecule has 0 heterocycles. The maximum atomic E-state index is 13.7. The molecule has 2 nitrogen and oxygen atoms in total. The van der Waals surface area contributed by atoms with Crippen molar-refractivity contribution in [1.82, 2.24) is 5.32 Å². The van der Waals surface area contributed by atoms with E-state index in [0.29, 0.717) is 6.42 Å². The van der Waals surface area contributed by atoms with Gasteiger partial charge in [0.1, 0.15) is 11.6 Å². The van der Waals surface area contributed by atoms with Crippen LogP contribution in [0.5, 0.6) is 5.75 Å². The van der Waals surface area contributed by atoms with Gasteiger partial charge in [-0.3, -0.25) is 0 Å². The molecule has 0 spiro atoms. The number of ether oxygens (including phenoxy) is 1. The molecule has 0 aliphatic rings. The van der Waals surface area contributed by atoms with E-state index in [1.807, 2.05) is 30.3 Å². The highest BCUT2D eigenvalue weighted by Gasteiger charge is 2.12. The van der Waals surface area contributed by atoms with Crippen LogP contribution in [0.1, 0.15) is 31.0 Å². The fraction of sp³-hybridized carbons (Fsp3) is 0.333. The summed E-state index contributed by atoms with van der Waals surface area (Å²) in [5, 5.41) is 3.50. The van der Waals surface area contributed by atoms with Gasteiger partial charge < -0.3 is 10.1 Å². The molecule has 2 aromatic rings. The summed E-state index contributed by atoms with van der Waals surface area (Å²) in [6, 6.07) is 15.3. The third-order valence-corrected chi connectivity index (χ3v) is 3.61. The lowest BCUT2D eigenvalue weighted by Crippen LogP contribution is -2.31. The van der Waals surface area contributed by atoms with Crippen LogP contribution in [0.25, 0.3) is 0 Å². The highest BCUT2D eigenvalue weighted by atomic mass is 19.1. The first-order valence-corrected chi connectivity index (χ1v) is 7.23. The molecule has 1 N–H and O–H groups in total. The Bertz CT molecular complexity index is 585. The lowest BCUT2D eigenvalue weighted by molar-refractivity contribution is 0.412. The lowest BCUT2D eigenvalue weighted by Gasteiger charge is -2.21. The van der Waals surface area contributed by atoms with Crippen LogP contribution in [0.3, 0.4) is 0 Å². The van der Waals surface area contributed by atoms with Crippen molar-refractivity contribution in [3.05, 3.63) is 65.5 Å². The zero-order chi connectivity index (χ0) is 15.2. The maximum absolute atomic E-state index is 13.7. The average Bonchev–Trinajstić information content (AvgIpc) is 2.49. The Balaban J connectivity index is 1.98. The first-order valence-electron chi connectivity index (χ1n) is 7.23. The number of hydrogen-bond donors (Lipinski definition) is 1. The predicted molar refractivity (Wildman–Crippen MR) is 84.1 cm³/mol. The third-order valence-electron chi connectivity index (χ3n) is 3.61. The van der Waals surface area contributed by atoms with Gasteiger partial charge in [0, 0.05) is 12.1 Å². The summed E-state index contributed by atoms with van der Waals surface area (Å²) in [6.45, 7) is 4.18. The average molecular weight is 287 g/mol. The van der Waals surface area contributed by atoms with Crippen molar-refractivity contribution < 1.29 is 9.13 Å². The molecule has 3 heteroatoms. The molecule has 0 saturated carbocycles. The lowest BCUT2D eigenvalue weighted by atomic mass is 10.0. The minimum absolute atomic E-state index is 0.139.